The van der Waals surface area contributed by atoms with Crippen molar-refractivity contribution in [3.05, 3.63) is 172 Å². The molecular weight excluding hydrogens is 601 g/mol. The minimum absolute atomic E-state index is 0.163. The molecule has 45 heavy (non-hydrogen) atoms. The van der Waals surface area contributed by atoms with Gasteiger partial charge in [0.15, 0.2) is 5.78 Å². The van der Waals surface area contributed by atoms with Crippen molar-refractivity contribution in [3.63, 3.8) is 0 Å². The highest BCUT2D eigenvalue weighted by Crippen LogP contribution is 2.74. The van der Waals surface area contributed by atoms with Crippen LogP contribution in [0, 0.1) is 11.8 Å². The number of imide groups is 1. The topological polar surface area (TPSA) is 54.5 Å². The summed E-state index contributed by atoms with van der Waals surface area (Å²) in [5, 5.41) is 0.573. The van der Waals surface area contributed by atoms with Crippen LogP contribution in [0.3, 0.4) is 0 Å². The van der Waals surface area contributed by atoms with Gasteiger partial charge in [0.2, 0.25) is 11.8 Å². The number of rotatable bonds is 5. The van der Waals surface area contributed by atoms with Gasteiger partial charge in [-0.25, -0.2) is 4.90 Å². The molecule has 2 fully saturated rings. The van der Waals surface area contributed by atoms with Crippen molar-refractivity contribution >= 4 is 57.6 Å². The number of Topliss-reactive ketones (excluding diaryl/α,β-unsaturated/α-hetero) is 1. The summed E-state index contributed by atoms with van der Waals surface area (Å²) >= 11 is 12.9. The smallest absolute Gasteiger partial charge is 0.239 e. The number of hydrogen-bond acceptors (Lipinski definition) is 3. The van der Waals surface area contributed by atoms with Gasteiger partial charge in [0, 0.05) is 5.02 Å². The van der Waals surface area contributed by atoms with Gasteiger partial charge < -0.3 is 0 Å². The van der Waals surface area contributed by atoms with Crippen LogP contribution in [0.4, 0.5) is 5.69 Å². The van der Waals surface area contributed by atoms with E-state index in [0.29, 0.717) is 16.1 Å². The Bertz CT molecular complexity index is 1930. The first-order valence-corrected chi connectivity index (χ1v) is 15.5. The number of hydrogen-bond donors (Lipinski definition) is 0. The molecule has 1 saturated carbocycles. The number of allylic oxidation sites excluding steroid dienone is 2. The maximum absolute atomic E-state index is 15.8. The van der Waals surface area contributed by atoms with Crippen LogP contribution in [0.15, 0.2) is 140 Å². The number of nitrogens with zero attached hydrogens (tertiary/aromatic N) is 1. The molecule has 0 unspecified atom stereocenters. The van der Waals surface area contributed by atoms with Crippen molar-refractivity contribution in [2.45, 2.75) is 10.8 Å². The van der Waals surface area contributed by atoms with Crippen molar-refractivity contribution < 1.29 is 14.4 Å². The van der Waals surface area contributed by atoms with E-state index in [-0.39, 0.29) is 16.5 Å². The quantitative estimate of drug-likeness (QED) is 0.185. The molecule has 0 N–H and O–H groups in total. The molecule has 5 aromatic carbocycles. The highest BCUT2D eigenvalue weighted by atomic mass is 35.5. The Morgan fingerprint density at radius 1 is 0.511 bits per heavy atom. The molecule has 1 aliphatic heterocycles. The zero-order valence-electron chi connectivity index (χ0n) is 23.9. The largest absolute Gasteiger partial charge is 0.297 e. The van der Waals surface area contributed by atoms with Crippen LogP contribution < -0.4 is 4.90 Å². The van der Waals surface area contributed by atoms with Gasteiger partial charge in [-0.2, -0.15) is 0 Å². The predicted octanol–water partition coefficient (Wildman–Crippen LogP) is 8.18. The van der Waals surface area contributed by atoms with Crippen LogP contribution in [0.25, 0.3) is 11.1 Å². The second-order valence-electron chi connectivity index (χ2n) is 11.7. The average Bonchev–Trinajstić information content (AvgIpc) is 3.58. The Morgan fingerprint density at radius 3 is 1.31 bits per heavy atom. The molecule has 0 spiro atoms. The van der Waals surface area contributed by atoms with Gasteiger partial charge in [-0.05, 0) is 51.6 Å². The molecule has 2 aliphatic carbocycles. The van der Waals surface area contributed by atoms with Crippen molar-refractivity contribution in [1.82, 2.24) is 0 Å². The minimum atomic E-state index is -1.46. The third kappa shape index (κ3) is 3.52. The van der Waals surface area contributed by atoms with Gasteiger partial charge in [-0.15, -0.1) is 0 Å². The Kier molecular flexibility index (Phi) is 6.25. The highest BCUT2D eigenvalue weighted by molar-refractivity contribution is 6.42. The van der Waals surface area contributed by atoms with Crippen LogP contribution >= 0.6 is 23.2 Å². The Morgan fingerprint density at radius 2 is 0.911 bits per heavy atom. The van der Waals surface area contributed by atoms with E-state index >= 15 is 4.79 Å². The maximum atomic E-state index is 15.8. The van der Waals surface area contributed by atoms with E-state index in [1.807, 2.05) is 121 Å². The van der Waals surface area contributed by atoms with Crippen LogP contribution in [-0.2, 0) is 25.2 Å². The van der Waals surface area contributed by atoms with E-state index in [1.165, 1.54) is 11.0 Å². The van der Waals surface area contributed by atoms with E-state index in [1.54, 1.807) is 12.1 Å². The van der Waals surface area contributed by atoms with Crippen molar-refractivity contribution in [2.24, 2.45) is 11.8 Å². The lowest BCUT2D eigenvalue weighted by molar-refractivity contribution is -0.130. The number of benzene rings is 5. The third-order valence-corrected chi connectivity index (χ3v) is 10.3. The van der Waals surface area contributed by atoms with Crippen molar-refractivity contribution in [1.29, 1.82) is 0 Å². The molecule has 8 rings (SSSR count). The maximum Gasteiger partial charge on any atom is 0.239 e. The fourth-order valence-electron chi connectivity index (χ4n) is 8.23. The number of amides is 2. The number of carbonyl (C=O) groups is 3. The van der Waals surface area contributed by atoms with Crippen LogP contribution in [0.1, 0.15) is 22.3 Å². The van der Waals surface area contributed by atoms with Gasteiger partial charge in [0.25, 0.3) is 0 Å². The molecule has 0 radical (unpaired) electrons. The summed E-state index contributed by atoms with van der Waals surface area (Å²) < 4.78 is 0. The summed E-state index contributed by atoms with van der Waals surface area (Å²) in [5.41, 5.74) is 1.84. The summed E-state index contributed by atoms with van der Waals surface area (Å²) in [6, 6.07) is 43.2. The van der Waals surface area contributed by atoms with E-state index in [2.05, 4.69) is 0 Å². The van der Waals surface area contributed by atoms with Crippen LogP contribution in [0.2, 0.25) is 10.0 Å². The fourth-order valence-corrected chi connectivity index (χ4v) is 8.73. The molecular formula is C39H25Cl2NO3. The molecule has 5 aromatic rings. The first kappa shape index (κ1) is 27.8. The minimum Gasteiger partial charge on any atom is -0.297 e. The van der Waals surface area contributed by atoms with Gasteiger partial charge in [0.1, 0.15) is 0 Å². The van der Waals surface area contributed by atoms with Gasteiger partial charge in [0.05, 0.1) is 33.4 Å². The summed E-state index contributed by atoms with van der Waals surface area (Å²) in [6.07, 6.45) is 0. The molecule has 1 heterocycles. The fraction of sp³-hybridized carbons (Fsp3) is 0.103. The summed E-state index contributed by atoms with van der Waals surface area (Å²) in [4.78, 5) is 47.0. The molecule has 3 aliphatic rings. The molecule has 2 bridgehead atoms. The number of carbonyl (C=O) groups excluding carboxylic acids is 3. The lowest BCUT2D eigenvalue weighted by atomic mass is 9.59. The van der Waals surface area contributed by atoms with Crippen molar-refractivity contribution in [2.75, 3.05) is 4.90 Å². The van der Waals surface area contributed by atoms with Gasteiger partial charge in [-0.1, -0.05) is 145 Å². The zero-order chi connectivity index (χ0) is 30.9. The van der Waals surface area contributed by atoms with Crippen molar-refractivity contribution in [3.8, 4) is 0 Å². The van der Waals surface area contributed by atoms with E-state index in [9.17, 15) is 9.59 Å². The lowest BCUT2D eigenvalue weighted by Crippen LogP contribution is -2.45. The predicted molar refractivity (Wildman–Crippen MR) is 177 cm³/mol. The molecule has 6 heteroatoms. The molecule has 1 saturated heterocycles. The number of halogens is 2. The normalized spacial score (nSPS) is 25.3. The van der Waals surface area contributed by atoms with E-state index in [4.69, 9.17) is 23.2 Å². The molecule has 2 amide bonds. The Labute approximate surface area is 270 Å². The Balaban J connectivity index is 1.55. The van der Waals surface area contributed by atoms with Crippen LogP contribution in [0.5, 0.6) is 0 Å². The zero-order valence-corrected chi connectivity index (χ0v) is 25.4. The standard InChI is InChI=1S/C39H25Cl2NO3/c40-28-21-22-30(29(41)23-28)42-35(43)33-34(36(42)44)39(27-19-11-4-12-20-27)32(25-15-7-2-8-16-25)31(24-13-5-1-6-14-24)38(33,37(39)45)26-17-9-3-10-18-26/h1-23,33-34H/t33-,34+,38-,39-/m0/s1. The number of fused-ring (bicyclic) bond motifs is 5. The Hall–Kier alpha value is -4.77. The first-order valence-electron chi connectivity index (χ1n) is 14.8. The number of anilines is 1. The second-order valence-corrected chi connectivity index (χ2v) is 12.6. The molecule has 0 aromatic heterocycles. The average molecular weight is 627 g/mol. The third-order valence-electron chi connectivity index (χ3n) is 9.73. The summed E-state index contributed by atoms with van der Waals surface area (Å²) in [5.74, 6) is -3.11. The first-order chi connectivity index (χ1) is 21.9. The van der Waals surface area contributed by atoms with Crippen LogP contribution in [-0.4, -0.2) is 17.6 Å². The summed E-state index contributed by atoms with van der Waals surface area (Å²) in [6.45, 7) is 0. The molecule has 4 nitrogen and oxygen atoms in total. The summed E-state index contributed by atoms with van der Waals surface area (Å²) in [7, 11) is 0. The van der Waals surface area contributed by atoms with E-state index in [0.717, 1.165) is 22.3 Å². The van der Waals surface area contributed by atoms with Gasteiger partial charge in [-0.3, -0.25) is 14.4 Å². The van der Waals surface area contributed by atoms with Gasteiger partial charge >= 0.3 is 0 Å². The monoisotopic (exact) mass is 625 g/mol. The van der Waals surface area contributed by atoms with E-state index < -0.39 is 34.5 Å². The second kappa shape index (κ2) is 10.1. The molecule has 4 atom stereocenters. The molecule has 218 valence electrons. The highest BCUT2D eigenvalue weighted by Gasteiger charge is 2.82. The SMILES string of the molecule is O=C1[C@@H]2[C@H](C(=O)N1c1ccc(Cl)cc1Cl)[C@@]1(c3ccccc3)C(=O)[C@@]2(c2ccccc2)C(c2ccccc2)=C1c1ccccc1. The number of ketones is 1. The lowest BCUT2D eigenvalue weighted by Gasteiger charge is -2.39.